The number of hydrogen-bond acceptors (Lipinski definition) is 4. The SMILES string of the molecule is CCOc1ccc(CN2CCN(CCCCC(=O)O)CC2)cc1. The van der Waals surface area contributed by atoms with Gasteiger partial charge < -0.3 is 14.7 Å². The first-order valence-electron chi connectivity index (χ1n) is 8.55. The van der Waals surface area contributed by atoms with E-state index in [1.807, 2.05) is 19.1 Å². The number of carbonyl (C=O) groups is 1. The highest BCUT2D eigenvalue weighted by Gasteiger charge is 2.16. The van der Waals surface area contributed by atoms with E-state index in [1.165, 1.54) is 5.56 Å². The van der Waals surface area contributed by atoms with E-state index in [0.717, 1.165) is 57.9 Å². The van der Waals surface area contributed by atoms with Crippen LogP contribution in [0, 0.1) is 0 Å². The van der Waals surface area contributed by atoms with Gasteiger partial charge >= 0.3 is 5.97 Å². The van der Waals surface area contributed by atoms with Crippen molar-refractivity contribution < 1.29 is 14.6 Å². The molecule has 0 aromatic heterocycles. The average Bonchev–Trinajstić information content (AvgIpc) is 2.55. The van der Waals surface area contributed by atoms with Gasteiger partial charge in [0.25, 0.3) is 0 Å². The van der Waals surface area contributed by atoms with E-state index in [-0.39, 0.29) is 6.42 Å². The smallest absolute Gasteiger partial charge is 0.303 e. The maximum Gasteiger partial charge on any atom is 0.303 e. The Morgan fingerprint density at radius 3 is 2.35 bits per heavy atom. The number of nitrogens with zero attached hydrogens (tertiary/aromatic N) is 2. The molecule has 1 aliphatic heterocycles. The van der Waals surface area contributed by atoms with Crippen LogP contribution in [0.2, 0.25) is 0 Å². The van der Waals surface area contributed by atoms with Crippen LogP contribution in [0.5, 0.6) is 5.75 Å². The summed E-state index contributed by atoms with van der Waals surface area (Å²) in [5, 5.41) is 8.64. The van der Waals surface area contributed by atoms with Crippen molar-refractivity contribution in [3.63, 3.8) is 0 Å². The Bertz CT molecular complexity index is 468. The summed E-state index contributed by atoms with van der Waals surface area (Å²) in [6, 6.07) is 8.36. The first-order valence-corrected chi connectivity index (χ1v) is 8.55. The number of rotatable bonds is 9. The largest absolute Gasteiger partial charge is 0.494 e. The number of hydrogen-bond donors (Lipinski definition) is 1. The highest BCUT2D eigenvalue weighted by Crippen LogP contribution is 2.15. The maximum absolute atomic E-state index is 10.5. The third kappa shape index (κ3) is 6.59. The van der Waals surface area contributed by atoms with Crippen LogP contribution in [0.4, 0.5) is 0 Å². The van der Waals surface area contributed by atoms with Crippen molar-refractivity contribution in [1.82, 2.24) is 9.80 Å². The van der Waals surface area contributed by atoms with Gasteiger partial charge in [0.1, 0.15) is 5.75 Å². The predicted molar refractivity (Wildman–Crippen MR) is 90.8 cm³/mol. The Morgan fingerprint density at radius 1 is 1.09 bits per heavy atom. The van der Waals surface area contributed by atoms with Crippen molar-refractivity contribution in [1.29, 1.82) is 0 Å². The molecular formula is C18H28N2O3. The van der Waals surface area contributed by atoms with E-state index in [9.17, 15) is 4.79 Å². The lowest BCUT2D eigenvalue weighted by Gasteiger charge is -2.34. The monoisotopic (exact) mass is 320 g/mol. The second-order valence-electron chi connectivity index (χ2n) is 6.05. The molecule has 2 rings (SSSR count). The summed E-state index contributed by atoms with van der Waals surface area (Å²) in [6.45, 7) is 9.00. The standard InChI is InChI=1S/C18H28N2O3/c1-2-23-17-8-6-16(7-9-17)15-20-13-11-19(12-14-20)10-4-3-5-18(21)22/h6-9H,2-5,10-15H2,1H3,(H,21,22). The molecule has 1 heterocycles. The summed E-state index contributed by atoms with van der Waals surface area (Å²) in [5.41, 5.74) is 1.32. The predicted octanol–water partition coefficient (Wildman–Crippen LogP) is 2.46. The van der Waals surface area contributed by atoms with Crippen LogP contribution in [-0.4, -0.2) is 60.2 Å². The molecule has 0 unspecified atom stereocenters. The topological polar surface area (TPSA) is 53.0 Å². The van der Waals surface area contributed by atoms with Crippen LogP contribution in [0.3, 0.4) is 0 Å². The van der Waals surface area contributed by atoms with Gasteiger partial charge in [0, 0.05) is 39.1 Å². The summed E-state index contributed by atoms with van der Waals surface area (Å²) >= 11 is 0. The van der Waals surface area contributed by atoms with Gasteiger partial charge in [0.05, 0.1) is 6.61 Å². The molecule has 0 bridgehead atoms. The van der Waals surface area contributed by atoms with E-state index in [1.54, 1.807) is 0 Å². The number of benzene rings is 1. The number of piperazine rings is 1. The van der Waals surface area contributed by atoms with E-state index >= 15 is 0 Å². The minimum Gasteiger partial charge on any atom is -0.494 e. The average molecular weight is 320 g/mol. The molecule has 1 aromatic carbocycles. The minimum atomic E-state index is -0.690. The minimum absolute atomic E-state index is 0.289. The molecule has 5 nitrogen and oxygen atoms in total. The molecule has 23 heavy (non-hydrogen) atoms. The highest BCUT2D eigenvalue weighted by molar-refractivity contribution is 5.66. The first kappa shape index (κ1) is 17.8. The van der Waals surface area contributed by atoms with Crippen LogP contribution in [0.1, 0.15) is 31.7 Å². The number of unbranched alkanes of at least 4 members (excludes halogenated alkanes) is 1. The second-order valence-corrected chi connectivity index (χ2v) is 6.05. The van der Waals surface area contributed by atoms with Crippen molar-refractivity contribution >= 4 is 5.97 Å². The molecule has 1 aromatic rings. The normalized spacial score (nSPS) is 16.4. The number of carboxylic acids is 1. The van der Waals surface area contributed by atoms with Gasteiger partial charge in [-0.05, 0) is 44.0 Å². The molecule has 1 N–H and O–H groups in total. The zero-order valence-corrected chi connectivity index (χ0v) is 14.0. The quantitative estimate of drug-likeness (QED) is 0.708. The fourth-order valence-electron chi connectivity index (χ4n) is 2.90. The van der Waals surface area contributed by atoms with Crippen LogP contribution in [0.25, 0.3) is 0 Å². The molecule has 1 fully saturated rings. The van der Waals surface area contributed by atoms with Crippen LogP contribution < -0.4 is 4.74 Å². The summed E-state index contributed by atoms with van der Waals surface area (Å²) in [7, 11) is 0. The molecule has 5 heteroatoms. The van der Waals surface area contributed by atoms with Gasteiger partial charge in [0.15, 0.2) is 0 Å². The maximum atomic E-state index is 10.5. The number of aliphatic carboxylic acids is 1. The lowest BCUT2D eigenvalue weighted by atomic mass is 10.2. The molecular weight excluding hydrogens is 292 g/mol. The molecule has 0 saturated carbocycles. The summed E-state index contributed by atoms with van der Waals surface area (Å²) in [4.78, 5) is 15.4. The summed E-state index contributed by atoms with van der Waals surface area (Å²) < 4.78 is 5.47. The van der Waals surface area contributed by atoms with Gasteiger partial charge in [-0.1, -0.05) is 12.1 Å². The van der Waals surface area contributed by atoms with Gasteiger partial charge in [-0.25, -0.2) is 0 Å². The molecule has 128 valence electrons. The molecule has 0 spiro atoms. The molecule has 1 aliphatic rings. The summed E-state index contributed by atoms with van der Waals surface area (Å²) in [5.74, 6) is 0.243. The lowest BCUT2D eigenvalue weighted by molar-refractivity contribution is -0.137. The van der Waals surface area contributed by atoms with Crippen LogP contribution >= 0.6 is 0 Å². The summed E-state index contributed by atoms with van der Waals surface area (Å²) in [6.07, 6.45) is 2.05. The van der Waals surface area contributed by atoms with Gasteiger partial charge in [-0.15, -0.1) is 0 Å². The van der Waals surface area contributed by atoms with E-state index in [2.05, 4.69) is 21.9 Å². The van der Waals surface area contributed by atoms with Crippen LogP contribution in [0.15, 0.2) is 24.3 Å². The Balaban J connectivity index is 1.65. The fraction of sp³-hybridized carbons (Fsp3) is 0.611. The molecule has 0 amide bonds. The van der Waals surface area contributed by atoms with E-state index < -0.39 is 5.97 Å². The Morgan fingerprint density at radius 2 is 1.74 bits per heavy atom. The zero-order valence-electron chi connectivity index (χ0n) is 14.0. The zero-order chi connectivity index (χ0) is 16.5. The molecule has 0 aliphatic carbocycles. The van der Waals surface area contributed by atoms with Crippen molar-refractivity contribution in [3.05, 3.63) is 29.8 Å². The number of ether oxygens (including phenoxy) is 1. The first-order chi connectivity index (χ1) is 11.2. The van der Waals surface area contributed by atoms with E-state index in [4.69, 9.17) is 9.84 Å². The fourth-order valence-corrected chi connectivity index (χ4v) is 2.90. The Hall–Kier alpha value is -1.59. The third-order valence-electron chi connectivity index (χ3n) is 4.22. The van der Waals surface area contributed by atoms with Crippen molar-refractivity contribution in [2.24, 2.45) is 0 Å². The van der Waals surface area contributed by atoms with Crippen molar-refractivity contribution in [2.45, 2.75) is 32.7 Å². The third-order valence-corrected chi connectivity index (χ3v) is 4.22. The molecule has 0 radical (unpaired) electrons. The highest BCUT2D eigenvalue weighted by atomic mass is 16.5. The van der Waals surface area contributed by atoms with Gasteiger partial charge in [-0.2, -0.15) is 0 Å². The molecule has 1 saturated heterocycles. The Labute approximate surface area is 138 Å². The van der Waals surface area contributed by atoms with Crippen molar-refractivity contribution in [3.8, 4) is 5.75 Å². The van der Waals surface area contributed by atoms with Crippen molar-refractivity contribution in [2.75, 3.05) is 39.3 Å². The number of carboxylic acid groups (broad SMARTS) is 1. The van der Waals surface area contributed by atoms with Crippen LogP contribution in [-0.2, 0) is 11.3 Å². The molecule has 0 atom stereocenters. The van der Waals surface area contributed by atoms with E-state index in [0.29, 0.717) is 6.61 Å². The second kappa shape index (κ2) is 9.53. The Kier molecular flexibility index (Phi) is 7.36. The van der Waals surface area contributed by atoms with Gasteiger partial charge in [-0.3, -0.25) is 9.69 Å². The lowest BCUT2D eigenvalue weighted by Crippen LogP contribution is -2.46. The van der Waals surface area contributed by atoms with Gasteiger partial charge in [0.2, 0.25) is 0 Å².